The molecule has 22 heavy (non-hydrogen) atoms. The Kier molecular flexibility index (Phi) is 11.2. The van der Waals surface area contributed by atoms with Crippen molar-refractivity contribution in [1.82, 2.24) is 9.99 Å². The number of hydrogen-bond acceptors (Lipinski definition) is 7. The Morgan fingerprint density at radius 3 is 2.27 bits per heavy atom. The van der Waals surface area contributed by atoms with Crippen molar-refractivity contribution >= 4 is 26.4 Å². The molecule has 0 spiro atoms. The number of nitrogens with zero attached hydrogens (tertiary/aromatic N) is 1. The van der Waals surface area contributed by atoms with Gasteiger partial charge in [0.15, 0.2) is 8.61 Å². The first-order valence-corrected chi connectivity index (χ1v) is 7.25. The average Bonchev–Trinajstić information content (AvgIpc) is 2.38. The largest absolute Gasteiger partial charge is 1.00 e. The summed E-state index contributed by atoms with van der Waals surface area (Å²) in [6.45, 7) is 3.39. The Bertz CT molecular complexity index is 434. The van der Waals surface area contributed by atoms with Gasteiger partial charge >= 0.3 is 29.6 Å². The third-order valence-corrected chi connectivity index (χ3v) is 4.06. The Morgan fingerprint density at radius 1 is 1.41 bits per heavy atom. The number of amides is 2. The van der Waals surface area contributed by atoms with Crippen LogP contribution >= 0.6 is 8.61 Å². The third-order valence-electron chi connectivity index (χ3n) is 2.95. The number of aliphatic hydroxyl groups is 1. The van der Waals surface area contributed by atoms with Crippen LogP contribution in [0.5, 0.6) is 0 Å². The zero-order valence-corrected chi connectivity index (χ0v) is 16.3. The maximum absolute atomic E-state index is 12.1. The monoisotopic (exact) mass is 345 g/mol. The molecule has 0 aromatic heterocycles. The van der Waals surface area contributed by atoms with Crippen LogP contribution in [-0.2, 0) is 18.9 Å². The fourth-order valence-corrected chi connectivity index (χ4v) is 2.11. The summed E-state index contributed by atoms with van der Waals surface area (Å²) in [5, 5.41) is 22.0. The van der Waals surface area contributed by atoms with Gasteiger partial charge in [-0.3, -0.25) is 14.3 Å². The molecule has 122 valence electrons. The second kappa shape index (κ2) is 10.4. The molecule has 0 radical (unpaired) electrons. The first kappa shape index (κ1) is 23.8. The van der Waals surface area contributed by atoms with Crippen LogP contribution in [0.25, 0.3) is 0 Å². The van der Waals surface area contributed by atoms with E-state index in [0.717, 1.165) is 0 Å². The van der Waals surface area contributed by atoms with Crippen molar-refractivity contribution in [2.75, 3.05) is 6.61 Å². The molecule has 0 bridgehead atoms. The Hall–Kier alpha value is -0.440. The molecule has 0 aromatic rings. The predicted molar refractivity (Wildman–Crippen MR) is 73.6 cm³/mol. The molecule has 0 heterocycles. The van der Waals surface area contributed by atoms with E-state index in [1.165, 1.54) is 20.8 Å². The van der Waals surface area contributed by atoms with Crippen LogP contribution < -0.4 is 45.7 Å². The van der Waals surface area contributed by atoms with E-state index in [2.05, 4.69) is 5.32 Å². The van der Waals surface area contributed by atoms with Gasteiger partial charge < -0.3 is 30.6 Å². The van der Waals surface area contributed by atoms with Crippen LogP contribution in [0.15, 0.2) is 0 Å². The third kappa shape index (κ3) is 6.36. The van der Waals surface area contributed by atoms with Gasteiger partial charge in [0.25, 0.3) is 5.91 Å². The molecule has 0 aromatic carbocycles. The van der Waals surface area contributed by atoms with E-state index >= 15 is 0 Å². The fourth-order valence-electron chi connectivity index (χ4n) is 1.42. The van der Waals surface area contributed by atoms with Gasteiger partial charge in [0.05, 0.1) is 17.6 Å². The van der Waals surface area contributed by atoms with Crippen molar-refractivity contribution in [1.29, 1.82) is 0 Å². The number of carboxylic acid groups (broad SMARTS) is 1. The molecule has 0 aliphatic carbocycles. The van der Waals surface area contributed by atoms with Gasteiger partial charge in [-0.25, -0.2) is 0 Å². The van der Waals surface area contributed by atoms with Crippen molar-refractivity contribution in [2.45, 2.75) is 44.8 Å². The number of carboxylic acids is 1. The molecule has 4 N–H and O–H groups in total. The van der Waals surface area contributed by atoms with Gasteiger partial charge in [0, 0.05) is 6.61 Å². The molecule has 0 aliphatic heterocycles. The van der Waals surface area contributed by atoms with E-state index < -0.39 is 44.0 Å². The van der Waals surface area contributed by atoms with Crippen molar-refractivity contribution in [3.8, 4) is 0 Å². The second-order valence-electron chi connectivity index (χ2n) is 5.01. The molecule has 0 saturated carbocycles. The number of nitrogens with two attached hydrogens (primary N) is 1. The van der Waals surface area contributed by atoms with Gasteiger partial charge in [0.1, 0.15) is 6.04 Å². The molecule has 3 atom stereocenters. The minimum atomic E-state index is -1.87. The van der Waals surface area contributed by atoms with E-state index in [0.29, 0.717) is 4.67 Å². The zero-order valence-electron chi connectivity index (χ0n) is 13.2. The average molecular weight is 345 g/mol. The van der Waals surface area contributed by atoms with E-state index in [1.807, 2.05) is 0 Å². The first-order chi connectivity index (χ1) is 9.59. The van der Waals surface area contributed by atoms with Gasteiger partial charge in [-0.1, -0.05) is 0 Å². The fraction of sp³-hybridized carbons (Fsp3) is 0.727. The molecule has 1 unspecified atom stereocenters. The molecular weight excluding hydrogens is 324 g/mol. The number of nitrogens with one attached hydrogen (secondary N) is 1. The summed E-state index contributed by atoms with van der Waals surface area (Å²) in [4.78, 5) is 34.7. The van der Waals surface area contributed by atoms with Crippen LogP contribution in [0, 0.1) is 0 Å². The summed E-state index contributed by atoms with van der Waals surface area (Å²) in [5.74, 6) is -3.05. The number of carbonyl (C=O) groups excluding carboxylic acids is 3. The number of rotatable bonds is 8. The van der Waals surface area contributed by atoms with Crippen LogP contribution in [0.3, 0.4) is 0 Å². The van der Waals surface area contributed by atoms with Gasteiger partial charge in [-0.05, 0) is 27.2 Å². The molecule has 0 aliphatic rings. The SMILES string of the molecule is C[C@H](NC(=O)[C@@H](N)CCO)C(=O)N([PH2]=O)C(C)(C)C(=O)[O-].[Na+]. The van der Waals surface area contributed by atoms with Crippen LogP contribution in [0.1, 0.15) is 27.2 Å². The van der Waals surface area contributed by atoms with Crippen molar-refractivity contribution < 1.29 is 58.7 Å². The van der Waals surface area contributed by atoms with E-state index in [9.17, 15) is 24.1 Å². The number of aliphatic carboxylic acids is 1. The van der Waals surface area contributed by atoms with E-state index in [1.54, 1.807) is 0 Å². The Morgan fingerprint density at radius 2 is 1.91 bits per heavy atom. The molecule has 0 fully saturated rings. The summed E-state index contributed by atoms with van der Waals surface area (Å²) < 4.78 is 11.8. The normalized spacial score (nSPS) is 14.0. The van der Waals surface area contributed by atoms with Crippen LogP contribution in [0.2, 0.25) is 0 Å². The Labute approximate surface area is 152 Å². The van der Waals surface area contributed by atoms with Crippen molar-refractivity contribution in [2.24, 2.45) is 5.73 Å². The topological polar surface area (TPSA) is 153 Å². The van der Waals surface area contributed by atoms with Gasteiger partial charge in [-0.2, -0.15) is 0 Å². The molecular formula is C11H21N3NaO6P. The predicted octanol–water partition coefficient (Wildman–Crippen LogP) is -5.77. The number of aliphatic hydroxyl groups excluding tert-OH is 1. The minimum absolute atomic E-state index is 0. The summed E-state index contributed by atoms with van der Waals surface area (Å²) in [5.41, 5.74) is 3.70. The van der Waals surface area contributed by atoms with Crippen LogP contribution in [0.4, 0.5) is 0 Å². The molecule has 2 amide bonds. The van der Waals surface area contributed by atoms with E-state index in [4.69, 9.17) is 10.8 Å². The zero-order chi connectivity index (χ0) is 16.8. The maximum Gasteiger partial charge on any atom is 1.00 e. The molecule has 11 heteroatoms. The summed E-state index contributed by atoms with van der Waals surface area (Å²) in [6.07, 6.45) is 0.0216. The molecule has 9 nitrogen and oxygen atoms in total. The number of carbonyl (C=O) groups is 3. The molecule has 0 saturated heterocycles. The van der Waals surface area contributed by atoms with E-state index in [-0.39, 0.29) is 42.6 Å². The summed E-state index contributed by atoms with van der Waals surface area (Å²) >= 11 is 0. The summed E-state index contributed by atoms with van der Waals surface area (Å²) in [6, 6.07) is -2.10. The quantitative estimate of drug-likeness (QED) is 0.293. The van der Waals surface area contributed by atoms with Crippen LogP contribution in [-0.4, -0.2) is 51.8 Å². The maximum atomic E-state index is 12.1. The van der Waals surface area contributed by atoms with Gasteiger partial charge in [-0.15, -0.1) is 0 Å². The van der Waals surface area contributed by atoms with Gasteiger partial charge in [0.2, 0.25) is 5.91 Å². The standard InChI is InChI=1S/C11H22N3O6P.Na/c1-6(13-8(16)7(12)4-5-15)9(17)14(21-20)11(2,3)10(18)19;/h6-7,15H,4-5,12,21H2,1-3H3,(H,13,16)(H,18,19);/q;+1/p-1/t6-,7-;/m0./s1. The first-order valence-electron chi connectivity index (χ1n) is 6.26. The smallest absolute Gasteiger partial charge is 0.548 e. The number of hydrogen-bond donors (Lipinski definition) is 3. The summed E-state index contributed by atoms with van der Waals surface area (Å²) in [7, 11) is -1.87. The second-order valence-corrected chi connectivity index (χ2v) is 5.74. The van der Waals surface area contributed by atoms with Crippen molar-refractivity contribution in [3.63, 3.8) is 0 Å². The molecule has 0 rings (SSSR count). The Balaban J connectivity index is 0. The van der Waals surface area contributed by atoms with Crippen molar-refractivity contribution in [3.05, 3.63) is 0 Å². The minimum Gasteiger partial charge on any atom is -0.548 e.